The summed E-state index contributed by atoms with van der Waals surface area (Å²) >= 11 is 0. The van der Waals surface area contributed by atoms with Crippen LogP contribution in [-0.4, -0.2) is 48.8 Å². The lowest BCUT2D eigenvalue weighted by Gasteiger charge is -2.41. The van der Waals surface area contributed by atoms with Crippen LogP contribution >= 0.6 is 0 Å². The van der Waals surface area contributed by atoms with Crippen LogP contribution < -0.4 is 5.32 Å². The van der Waals surface area contributed by atoms with Crippen LogP contribution in [0.25, 0.3) is 0 Å². The SMILES string of the molecule is CCC1(CC)CCN(CCCCC(C)(CO)NC)CC1. The van der Waals surface area contributed by atoms with Crippen molar-refractivity contribution in [3.8, 4) is 0 Å². The summed E-state index contributed by atoms with van der Waals surface area (Å²) in [6, 6.07) is 0. The van der Waals surface area contributed by atoms with Gasteiger partial charge in [0.25, 0.3) is 0 Å². The van der Waals surface area contributed by atoms with E-state index in [-0.39, 0.29) is 12.1 Å². The van der Waals surface area contributed by atoms with E-state index in [1.165, 1.54) is 58.2 Å². The van der Waals surface area contributed by atoms with Gasteiger partial charge in [0.15, 0.2) is 0 Å². The summed E-state index contributed by atoms with van der Waals surface area (Å²) in [5, 5.41) is 12.6. The number of likely N-dealkylation sites (tertiary alicyclic amines) is 1. The number of aliphatic hydroxyl groups is 1. The highest BCUT2D eigenvalue weighted by Gasteiger charge is 2.30. The van der Waals surface area contributed by atoms with Crippen molar-refractivity contribution >= 4 is 0 Å². The summed E-state index contributed by atoms with van der Waals surface area (Å²) in [5.74, 6) is 0. The van der Waals surface area contributed by atoms with Crippen LogP contribution in [0.5, 0.6) is 0 Å². The molecular weight excluding hydrogens is 248 g/mol. The Morgan fingerprint density at radius 1 is 1.15 bits per heavy atom. The summed E-state index contributed by atoms with van der Waals surface area (Å²) < 4.78 is 0. The number of piperidine rings is 1. The fourth-order valence-electron chi connectivity index (χ4n) is 3.34. The maximum Gasteiger partial charge on any atom is 0.0610 e. The third kappa shape index (κ3) is 5.01. The zero-order chi connectivity index (χ0) is 15.1. The minimum Gasteiger partial charge on any atom is -0.394 e. The standard InChI is InChI=1S/C17H36N2O/c1-5-17(6-2)10-13-19(14-11-17)12-8-7-9-16(3,15-20)18-4/h18,20H,5-15H2,1-4H3. The van der Waals surface area contributed by atoms with Crippen molar-refractivity contribution in [2.45, 2.75) is 71.3 Å². The molecule has 1 heterocycles. The first-order chi connectivity index (χ1) is 9.53. The van der Waals surface area contributed by atoms with Gasteiger partial charge in [-0.15, -0.1) is 0 Å². The van der Waals surface area contributed by atoms with Gasteiger partial charge in [-0.2, -0.15) is 0 Å². The number of rotatable bonds is 9. The predicted octanol–water partition coefficient (Wildman–Crippen LogP) is 3.03. The van der Waals surface area contributed by atoms with E-state index in [4.69, 9.17) is 0 Å². The average molecular weight is 284 g/mol. The molecule has 1 rings (SSSR count). The third-order valence-corrected chi connectivity index (χ3v) is 5.82. The number of likely N-dealkylation sites (N-methyl/N-ethyl adjacent to an activating group) is 1. The van der Waals surface area contributed by atoms with E-state index in [0.717, 1.165) is 6.42 Å². The van der Waals surface area contributed by atoms with E-state index in [0.29, 0.717) is 5.41 Å². The van der Waals surface area contributed by atoms with Crippen LogP contribution in [0.3, 0.4) is 0 Å². The van der Waals surface area contributed by atoms with Crippen LogP contribution in [-0.2, 0) is 0 Å². The predicted molar refractivity (Wildman–Crippen MR) is 87.1 cm³/mol. The largest absolute Gasteiger partial charge is 0.394 e. The summed E-state index contributed by atoms with van der Waals surface area (Å²) in [6.45, 7) is 10.8. The van der Waals surface area contributed by atoms with E-state index in [1.807, 2.05) is 7.05 Å². The molecule has 0 amide bonds. The van der Waals surface area contributed by atoms with Crippen LogP contribution in [0, 0.1) is 5.41 Å². The lowest BCUT2D eigenvalue weighted by Crippen LogP contribution is -2.43. The Kier molecular flexibility index (Phi) is 7.49. The summed E-state index contributed by atoms with van der Waals surface area (Å²) in [7, 11) is 1.94. The molecule has 1 aliphatic rings. The molecule has 0 aromatic rings. The monoisotopic (exact) mass is 284 g/mol. The molecule has 1 saturated heterocycles. The molecule has 0 aliphatic carbocycles. The fourth-order valence-corrected chi connectivity index (χ4v) is 3.34. The maximum absolute atomic E-state index is 9.37. The minimum absolute atomic E-state index is 0.0958. The van der Waals surface area contributed by atoms with Gasteiger partial charge >= 0.3 is 0 Å². The molecule has 1 atom stereocenters. The lowest BCUT2D eigenvalue weighted by atomic mass is 9.74. The Morgan fingerprint density at radius 3 is 2.20 bits per heavy atom. The van der Waals surface area contributed by atoms with Gasteiger partial charge in [0.2, 0.25) is 0 Å². The zero-order valence-corrected chi connectivity index (χ0v) is 14.2. The fraction of sp³-hybridized carbons (Fsp3) is 1.00. The Balaban J connectivity index is 2.19. The average Bonchev–Trinajstić information content (AvgIpc) is 2.52. The Hall–Kier alpha value is -0.120. The molecule has 0 bridgehead atoms. The number of aliphatic hydroxyl groups excluding tert-OH is 1. The highest BCUT2D eigenvalue weighted by molar-refractivity contribution is 4.84. The summed E-state index contributed by atoms with van der Waals surface area (Å²) in [6.07, 6.45) is 8.95. The molecule has 0 spiro atoms. The smallest absolute Gasteiger partial charge is 0.0610 e. The van der Waals surface area contributed by atoms with E-state index in [1.54, 1.807) is 0 Å². The highest BCUT2D eigenvalue weighted by Crippen LogP contribution is 2.37. The van der Waals surface area contributed by atoms with Crippen LogP contribution in [0.2, 0.25) is 0 Å². The van der Waals surface area contributed by atoms with Gasteiger partial charge in [-0.05, 0) is 64.7 Å². The Labute approximate surface area is 126 Å². The van der Waals surface area contributed by atoms with Gasteiger partial charge in [0.05, 0.1) is 6.61 Å². The van der Waals surface area contributed by atoms with Crippen molar-refractivity contribution < 1.29 is 5.11 Å². The number of nitrogens with zero attached hydrogens (tertiary/aromatic N) is 1. The molecule has 0 aromatic heterocycles. The van der Waals surface area contributed by atoms with E-state index >= 15 is 0 Å². The molecule has 0 radical (unpaired) electrons. The Morgan fingerprint density at radius 2 is 1.75 bits per heavy atom. The minimum atomic E-state index is -0.0958. The van der Waals surface area contributed by atoms with Crippen molar-refractivity contribution in [1.29, 1.82) is 0 Å². The maximum atomic E-state index is 9.37. The van der Waals surface area contributed by atoms with Gasteiger partial charge in [0, 0.05) is 5.54 Å². The molecule has 1 unspecified atom stereocenters. The van der Waals surface area contributed by atoms with Gasteiger partial charge in [-0.1, -0.05) is 33.1 Å². The molecule has 2 N–H and O–H groups in total. The normalized spacial score (nSPS) is 22.6. The lowest BCUT2D eigenvalue weighted by molar-refractivity contribution is 0.0930. The number of nitrogens with one attached hydrogen (secondary N) is 1. The van der Waals surface area contributed by atoms with Gasteiger partial charge < -0.3 is 15.3 Å². The molecule has 0 aromatic carbocycles. The molecule has 3 heteroatoms. The molecule has 0 saturated carbocycles. The first-order valence-corrected chi connectivity index (χ1v) is 8.55. The molecule has 20 heavy (non-hydrogen) atoms. The summed E-state index contributed by atoms with van der Waals surface area (Å²) in [5.41, 5.74) is 0.541. The second-order valence-corrected chi connectivity index (χ2v) is 6.97. The second kappa shape index (κ2) is 8.35. The second-order valence-electron chi connectivity index (χ2n) is 6.97. The number of hydrogen-bond donors (Lipinski definition) is 2. The van der Waals surface area contributed by atoms with E-state index < -0.39 is 0 Å². The van der Waals surface area contributed by atoms with Crippen molar-refractivity contribution in [1.82, 2.24) is 10.2 Å². The first-order valence-electron chi connectivity index (χ1n) is 8.55. The third-order valence-electron chi connectivity index (χ3n) is 5.82. The van der Waals surface area contributed by atoms with Crippen LogP contribution in [0.15, 0.2) is 0 Å². The Bertz CT molecular complexity index is 250. The van der Waals surface area contributed by atoms with Gasteiger partial charge in [-0.25, -0.2) is 0 Å². The van der Waals surface area contributed by atoms with Gasteiger partial charge in [0.1, 0.15) is 0 Å². The molecule has 1 fully saturated rings. The molecular formula is C17H36N2O. The highest BCUT2D eigenvalue weighted by atomic mass is 16.3. The molecule has 120 valence electrons. The summed E-state index contributed by atoms with van der Waals surface area (Å²) in [4.78, 5) is 2.64. The van der Waals surface area contributed by atoms with Crippen molar-refractivity contribution in [3.63, 3.8) is 0 Å². The van der Waals surface area contributed by atoms with Crippen LogP contribution in [0.1, 0.15) is 65.7 Å². The molecule has 3 nitrogen and oxygen atoms in total. The van der Waals surface area contributed by atoms with E-state index in [9.17, 15) is 5.11 Å². The zero-order valence-electron chi connectivity index (χ0n) is 14.2. The van der Waals surface area contributed by atoms with E-state index in [2.05, 4.69) is 31.0 Å². The first kappa shape index (κ1) is 17.9. The topological polar surface area (TPSA) is 35.5 Å². The number of unbranched alkanes of at least 4 members (excludes halogenated alkanes) is 1. The molecule has 1 aliphatic heterocycles. The van der Waals surface area contributed by atoms with Crippen LogP contribution in [0.4, 0.5) is 0 Å². The van der Waals surface area contributed by atoms with Crippen molar-refractivity contribution in [3.05, 3.63) is 0 Å². The quantitative estimate of drug-likeness (QED) is 0.639. The van der Waals surface area contributed by atoms with Crippen molar-refractivity contribution in [2.75, 3.05) is 33.3 Å². The number of hydrogen-bond acceptors (Lipinski definition) is 3. The van der Waals surface area contributed by atoms with Gasteiger partial charge in [-0.3, -0.25) is 0 Å². The van der Waals surface area contributed by atoms with Crippen molar-refractivity contribution in [2.24, 2.45) is 5.41 Å².